The molecule has 3 aromatic rings. The molecule has 144 valence electrons. The van der Waals surface area contributed by atoms with Crippen LogP contribution in [0.15, 0.2) is 47.8 Å². The molecule has 7 nitrogen and oxygen atoms in total. The Morgan fingerprint density at radius 1 is 1.07 bits per heavy atom. The maximum atomic E-state index is 12.3. The van der Waals surface area contributed by atoms with E-state index in [2.05, 4.69) is 10.3 Å². The molecule has 0 aliphatic heterocycles. The summed E-state index contributed by atoms with van der Waals surface area (Å²) < 4.78 is 10.6. The van der Waals surface area contributed by atoms with Gasteiger partial charge in [-0.15, -0.1) is 11.3 Å². The molecule has 0 bridgehead atoms. The second-order valence-electron chi connectivity index (χ2n) is 5.88. The zero-order valence-electron chi connectivity index (χ0n) is 15.4. The molecule has 8 heteroatoms. The van der Waals surface area contributed by atoms with E-state index in [-0.39, 0.29) is 12.3 Å². The number of hydrogen-bond donors (Lipinski definition) is 2. The lowest BCUT2D eigenvalue weighted by Crippen LogP contribution is -2.15. The summed E-state index contributed by atoms with van der Waals surface area (Å²) in [6, 6.07) is 12.0. The first-order valence-electron chi connectivity index (χ1n) is 8.36. The summed E-state index contributed by atoms with van der Waals surface area (Å²) in [6.07, 6.45) is 0.140. The number of ether oxygens (including phenoxy) is 2. The summed E-state index contributed by atoms with van der Waals surface area (Å²) in [5.74, 6) is 0.553. The number of nitrogens with zero attached hydrogens (tertiary/aromatic N) is 1. The lowest BCUT2D eigenvalue weighted by atomic mass is 10.2. The number of rotatable bonds is 7. The van der Waals surface area contributed by atoms with Crippen LogP contribution < -0.4 is 20.5 Å². The van der Waals surface area contributed by atoms with Crippen LogP contribution >= 0.6 is 11.3 Å². The second kappa shape index (κ2) is 8.53. The second-order valence-corrected chi connectivity index (χ2v) is 6.74. The molecule has 0 unspecified atom stereocenters. The highest BCUT2D eigenvalue weighted by atomic mass is 32.1. The van der Waals surface area contributed by atoms with Crippen LogP contribution in [0.1, 0.15) is 16.1 Å². The average molecular weight is 397 g/mol. The van der Waals surface area contributed by atoms with Crippen LogP contribution in [-0.4, -0.2) is 31.0 Å². The first-order chi connectivity index (χ1) is 13.5. The summed E-state index contributed by atoms with van der Waals surface area (Å²) >= 11 is 1.45. The van der Waals surface area contributed by atoms with Crippen molar-refractivity contribution < 1.29 is 19.1 Å². The number of primary amides is 1. The van der Waals surface area contributed by atoms with Gasteiger partial charge in [-0.3, -0.25) is 9.59 Å². The third kappa shape index (κ3) is 4.47. The highest BCUT2D eigenvalue weighted by Gasteiger charge is 2.12. The number of carbonyl (C=O) groups is 2. The van der Waals surface area contributed by atoms with Gasteiger partial charge in [0.1, 0.15) is 5.01 Å². The van der Waals surface area contributed by atoms with Gasteiger partial charge in [0.05, 0.1) is 26.3 Å². The molecule has 0 atom stereocenters. The fourth-order valence-corrected chi connectivity index (χ4v) is 3.39. The molecule has 0 spiro atoms. The molecule has 0 saturated carbocycles. The van der Waals surface area contributed by atoms with E-state index in [0.717, 1.165) is 10.6 Å². The number of aromatic nitrogens is 1. The number of anilines is 1. The number of nitrogens with one attached hydrogen (secondary N) is 1. The molecule has 1 aromatic heterocycles. The molecule has 3 N–H and O–H groups in total. The van der Waals surface area contributed by atoms with Crippen LogP contribution in [0.3, 0.4) is 0 Å². The zero-order chi connectivity index (χ0) is 20.1. The Balaban J connectivity index is 1.67. The predicted molar refractivity (Wildman–Crippen MR) is 108 cm³/mol. The zero-order valence-corrected chi connectivity index (χ0v) is 16.2. The van der Waals surface area contributed by atoms with Crippen molar-refractivity contribution in [1.82, 2.24) is 4.98 Å². The van der Waals surface area contributed by atoms with Crippen molar-refractivity contribution in [2.24, 2.45) is 5.73 Å². The predicted octanol–water partition coefficient (Wildman–Crippen LogP) is 3.11. The molecule has 2 aromatic carbocycles. The smallest absolute Gasteiger partial charge is 0.248 e. The molecule has 3 rings (SSSR count). The summed E-state index contributed by atoms with van der Waals surface area (Å²) in [6.45, 7) is 0. The van der Waals surface area contributed by atoms with Gasteiger partial charge in [-0.05, 0) is 42.5 Å². The van der Waals surface area contributed by atoms with E-state index in [1.807, 2.05) is 23.6 Å². The molecule has 1 heterocycles. The van der Waals surface area contributed by atoms with Crippen LogP contribution in [0, 0.1) is 0 Å². The third-order valence-corrected chi connectivity index (χ3v) is 4.92. The maximum Gasteiger partial charge on any atom is 0.248 e. The van der Waals surface area contributed by atoms with Gasteiger partial charge in [-0.25, -0.2) is 4.98 Å². The number of methoxy groups -OCH3 is 2. The van der Waals surface area contributed by atoms with E-state index in [0.29, 0.717) is 28.4 Å². The maximum absolute atomic E-state index is 12.3. The largest absolute Gasteiger partial charge is 0.493 e. The van der Waals surface area contributed by atoms with E-state index < -0.39 is 5.91 Å². The van der Waals surface area contributed by atoms with Crippen LogP contribution in [0.25, 0.3) is 10.6 Å². The molecule has 0 fully saturated rings. The van der Waals surface area contributed by atoms with Gasteiger partial charge in [-0.2, -0.15) is 0 Å². The van der Waals surface area contributed by atoms with E-state index >= 15 is 0 Å². The van der Waals surface area contributed by atoms with Crippen LogP contribution in [0.4, 0.5) is 5.69 Å². The van der Waals surface area contributed by atoms with Gasteiger partial charge in [0.25, 0.3) is 0 Å². The van der Waals surface area contributed by atoms with Gasteiger partial charge in [0, 0.05) is 22.2 Å². The molecule has 2 amide bonds. The molecular formula is C20H19N3O4S. The molecule has 0 aliphatic rings. The van der Waals surface area contributed by atoms with Crippen LogP contribution in [0.2, 0.25) is 0 Å². The van der Waals surface area contributed by atoms with E-state index in [1.54, 1.807) is 38.5 Å². The highest BCUT2D eigenvalue weighted by molar-refractivity contribution is 7.13. The Morgan fingerprint density at radius 2 is 1.79 bits per heavy atom. The van der Waals surface area contributed by atoms with Gasteiger partial charge in [0.2, 0.25) is 11.8 Å². The normalized spacial score (nSPS) is 10.4. The minimum Gasteiger partial charge on any atom is -0.493 e. The average Bonchev–Trinajstić information content (AvgIpc) is 3.16. The minimum absolute atomic E-state index is 0.140. The molecule has 0 aliphatic carbocycles. The summed E-state index contributed by atoms with van der Waals surface area (Å²) in [5.41, 5.74) is 7.73. The lowest BCUT2D eigenvalue weighted by Gasteiger charge is -2.08. The SMILES string of the molecule is COc1ccc(-c2nc(CC(=O)Nc3ccc(C(N)=O)cc3)cs2)cc1OC. The Labute approximate surface area is 166 Å². The Hall–Kier alpha value is -3.39. The topological polar surface area (TPSA) is 104 Å². The number of benzene rings is 2. The summed E-state index contributed by atoms with van der Waals surface area (Å²) in [4.78, 5) is 27.9. The Kier molecular flexibility index (Phi) is 5.90. The molecule has 0 radical (unpaired) electrons. The molecule has 28 heavy (non-hydrogen) atoms. The Bertz CT molecular complexity index is 999. The lowest BCUT2D eigenvalue weighted by molar-refractivity contribution is -0.115. The number of hydrogen-bond acceptors (Lipinski definition) is 6. The quantitative estimate of drug-likeness (QED) is 0.638. The van der Waals surface area contributed by atoms with Gasteiger partial charge in [-0.1, -0.05) is 0 Å². The first-order valence-corrected chi connectivity index (χ1v) is 9.24. The Morgan fingerprint density at radius 3 is 2.43 bits per heavy atom. The van der Waals surface area contributed by atoms with Gasteiger partial charge >= 0.3 is 0 Å². The number of thiazole rings is 1. The third-order valence-electron chi connectivity index (χ3n) is 3.98. The van der Waals surface area contributed by atoms with Crippen LogP contribution in [0.5, 0.6) is 11.5 Å². The fraction of sp³-hybridized carbons (Fsp3) is 0.150. The highest BCUT2D eigenvalue weighted by Crippen LogP contribution is 2.33. The molecule has 0 saturated heterocycles. The van der Waals surface area contributed by atoms with Gasteiger partial charge in [0.15, 0.2) is 11.5 Å². The first kappa shape index (κ1) is 19.4. The van der Waals surface area contributed by atoms with E-state index in [1.165, 1.54) is 11.3 Å². The number of carbonyl (C=O) groups excluding carboxylic acids is 2. The summed E-state index contributed by atoms with van der Waals surface area (Å²) in [7, 11) is 3.16. The van der Waals surface area contributed by atoms with Crippen molar-refractivity contribution in [2.45, 2.75) is 6.42 Å². The fourth-order valence-electron chi connectivity index (χ4n) is 2.58. The van der Waals surface area contributed by atoms with Crippen molar-refractivity contribution in [1.29, 1.82) is 0 Å². The van der Waals surface area contributed by atoms with Crippen molar-refractivity contribution in [3.05, 3.63) is 59.1 Å². The van der Waals surface area contributed by atoms with Crippen molar-refractivity contribution in [3.63, 3.8) is 0 Å². The van der Waals surface area contributed by atoms with E-state index in [9.17, 15) is 9.59 Å². The van der Waals surface area contributed by atoms with Crippen LogP contribution in [-0.2, 0) is 11.2 Å². The van der Waals surface area contributed by atoms with Crippen molar-refractivity contribution >= 4 is 28.8 Å². The van der Waals surface area contributed by atoms with Crippen molar-refractivity contribution in [2.75, 3.05) is 19.5 Å². The monoisotopic (exact) mass is 397 g/mol. The minimum atomic E-state index is -0.511. The molecular weight excluding hydrogens is 378 g/mol. The number of nitrogens with two attached hydrogens (primary N) is 1. The number of amides is 2. The van der Waals surface area contributed by atoms with Crippen molar-refractivity contribution in [3.8, 4) is 22.1 Å². The van der Waals surface area contributed by atoms with E-state index in [4.69, 9.17) is 15.2 Å². The standard InChI is InChI=1S/C20H19N3O4S/c1-26-16-8-5-13(9-17(16)27-2)20-23-15(11-28-20)10-18(24)22-14-6-3-12(4-7-14)19(21)25/h3-9,11H,10H2,1-2H3,(H2,21,25)(H,22,24). The summed E-state index contributed by atoms with van der Waals surface area (Å²) in [5, 5.41) is 5.41. The van der Waals surface area contributed by atoms with Gasteiger partial charge < -0.3 is 20.5 Å².